The first-order valence-corrected chi connectivity index (χ1v) is 18.0. The number of nitrogens with one attached hydrogen (secondary N) is 2. The minimum atomic E-state index is -1.56. The summed E-state index contributed by atoms with van der Waals surface area (Å²) in [5.74, 6) is -4.82. The number of hydrogen-bond acceptors (Lipinski definition) is 14. The first-order chi connectivity index (χ1) is 24.1. The van der Waals surface area contributed by atoms with E-state index in [0.29, 0.717) is 23.1 Å². The maximum Gasteiger partial charge on any atom is 0.352 e. The van der Waals surface area contributed by atoms with Crippen molar-refractivity contribution in [2.24, 2.45) is 5.16 Å². The number of nitrogens with two attached hydrogens (primary N) is 1. The molecule has 4 heterocycles. The van der Waals surface area contributed by atoms with Crippen molar-refractivity contribution in [1.29, 1.82) is 0 Å². The number of ether oxygens (including phenoxy) is 1. The van der Waals surface area contributed by atoms with Crippen LogP contribution in [0.5, 0.6) is 11.5 Å². The van der Waals surface area contributed by atoms with Gasteiger partial charge < -0.3 is 45.7 Å². The van der Waals surface area contributed by atoms with Gasteiger partial charge in [-0.25, -0.2) is 14.6 Å². The van der Waals surface area contributed by atoms with E-state index in [4.69, 9.17) is 26.9 Å². The molecule has 0 bridgehead atoms. The molecule has 5 rings (SSSR count). The van der Waals surface area contributed by atoms with Crippen LogP contribution < -0.4 is 16.4 Å². The number of carboxylic acids is 1. The van der Waals surface area contributed by atoms with E-state index in [9.17, 15) is 39.3 Å². The number of nitrogens with zero attached hydrogens (tertiary/aromatic N) is 4. The fourth-order valence-electron chi connectivity index (χ4n) is 6.16. The van der Waals surface area contributed by atoms with Gasteiger partial charge >= 0.3 is 11.9 Å². The number of carboxylic acid groups (broad SMARTS) is 1. The Labute approximate surface area is 305 Å². The molecule has 0 radical (unpaired) electrons. The molecule has 0 unspecified atom stereocenters. The molecule has 2 fully saturated rings. The van der Waals surface area contributed by atoms with E-state index in [1.807, 2.05) is 0 Å². The van der Waals surface area contributed by atoms with Gasteiger partial charge in [0.15, 0.2) is 22.3 Å². The molecular formula is C31H37ClN7O10S2+. The molecule has 274 valence electrons. The van der Waals surface area contributed by atoms with Crippen LogP contribution in [-0.4, -0.2) is 128 Å². The molecule has 7 N–H and O–H groups in total. The predicted octanol–water partition coefficient (Wildman–Crippen LogP) is 1.24. The van der Waals surface area contributed by atoms with Crippen LogP contribution in [-0.2, 0) is 28.8 Å². The molecule has 2 aromatic rings. The number of phenolic OH excluding ortho intramolecular Hbond substituents is 2. The first kappa shape index (κ1) is 37.7. The quantitative estimate of drug-likeness (QED) is 0.0421. The van der Waals surface area contributed by atoms with E-state index < -0.39 is 58.2 Å². The number of aliphatic carboxylic acids is 1. The van der Waals surface area contributed by atoms with Crippen LogP contribution in [0.3, 0.4) is 0 Å². The number of nitrogen functional groups attached to an aromatic ring is 1. The zero-order valence-electron chi connectivity index (χ0n) is 27.8. The van der Waals surface area contributed by atoms with Crippen molar-refractivity contribution in [2.45, 2.75) is 43.7 Å². The molecule has 3 amide bonds. The average Bonchev–Trinajstić information content (AvgIpc) is 3.74. The van der Waals surface area contributed by atoms with E-state index in [1.165, 1.54) is 49.1 Å². The third-order valence-corrected chi connectivity index (χ3v) is 11.2. The SMILES string of the molecule is COC(=O)C(C)(C)O/N=C(\C(=O)N[C@@H]1C(=O)N2C(C(=O)O)=C(C[N+]3(CCNC(=O)c4ccc(O)c(O)c4Cl)CCCC3)CS[C@H]12)c1csc(N)n1. The van der Waals surface area contributed by atoms with E-state index in [-0.39, 0.29) is 45.1 Å². The number of likely N-dealkylation sites (tertiary alicyclic amines) is 1. The Morgan fingerprint density at radius 3 is 2.55 bits per heavy atom. The van der Waals surface area contributed by atoms with Gasteiger partial charge in [0, 0.05) is 29.5 Å². The number of esters is 1. The monoisotopic (exact) mass is 766 g/mol. The molecule has 20 heteroatoms. The summed E-state index contributed by atoms with van der Waals surface area (Å²) in [5, 5.41) is 39.7. The number of fused-ring (bicyclic) bond motifs is 1. The molecule has 2 saturated heterocycles. The lowest BCUT2D eigenvalue weighted by Crippen LogP contribution is -2.71. The van der Waals surface area contributed by atoms with Crippen LogP contribution in [0.2, 0.25) is 5.02 Å². The van der Waals surface area contributed by atoms with Crippen LogP contribution in [0.4, 0.5) is 5.13 Å². The van der Waals surface area contributed by atoms with Gasteiger partial charge in [-0.15, -0.1) is 23.1 Å². The fraction of sp³-hybridized carbons (Fsp3) is 0.452. The highest BCUT2D eigenvalue weighted by Crippen LogP contribution is 2.41. The van der Waals surface area contributed by atoms with Crippen molar-refractivity contribution in [1.82, 2.24) is 20.5 Å². The van der Waals surface area contributed by atoms with Gasteiger partial charge in [-0.3, -0.25) is 19.3 Å². The molecule has 3 aliphatic heterocycles. The van der Waals surface area contributed by atoms with Gasteiger partial charge in [0.05, 0.1) is 43.9 Å². The van der Waals surface area contributed by atoms with Crippen molar-refractivity contribution < 1.29 is 53.3 Å². The molecule has 0 aliphatic carbocycles. The number of aromatic hydroxyl groups is 2. The lowest BCUT2D eigenvalue weighted by Gasteiger charge is -2.50. The Bertz CT molecular complexity index is 1820. The normalized spacial score (nSPS) is 20.0. The number of β-lactam (4-membered cyclic amide) rings is 1. The maximum atomic E-state index is 13.5. The standard InChI is InChI=1S/C31H36ClN7O10S2/c1-31(2,29(47)48-3)49-37-20(17-14-51-30(33)35-17)25(43)36-21-26(44)38-22(28(45)46)15(13-50-27(21)38)12-39(9-4-5-10-39)11-8-34-24(42)16-6-7-18(40)23(41)19(16)32/h6-7,14,21,27H,4-5,8-13H2,1-3H3,(H6-,33,34,35,36,37,40,41,42,43,45,46)/p+1/t21-,27-/m1/s1. The molecular weight excluding hydrogens is 730 g/mol. The fourth-order valence-corrected chi connectivity index (χ4v) is 8.29. The van der Waals surface area contributed by atoms with E-state index >= 15 is 0 Å². The van der Waals surface area contributed by atoms with Crippen LogP contribution >= 0.6 is 34.7 Å². The zero-order chi connectivity index (χ0) is 37.2. The van der Waals surface area contributed by atoms with Crippen LogP contribution in [0.1, 0.15) is 42.7 Å². The summed E-state index contributed by atoms with van der Waals surface area (Å²) < 4.78 is 5.19. The Hall–Kier alpha value is -4.59. The summed E-state index contributed by atoms with van der Waals surface area (Å²) in [6.07, 6.45) is 1.78. The van der Waals surface area contributed by atoms with Crippen molar-refractivity contribution in [3.05, 3.63) is 45.1 Å². The van der Waals surface area contributed by atoms with Gasteiger partial charge in [-0.1, -0.05) is 16.8 Å². The predicted molar refractivity (Wildman–Crippen MR) is 186 cm³/mol. The minimum Gasteiger partial charge on any atom is -0.504 e. The Morgan fingerprint density at radius 1 is 1.22 bits per heavy atom. The number of halogens is 1. The van der Waals surface area contributed by atoms with Gasteiger partial charge in [-0.05, 0) is 26.0 Å². The van der Waals surface area contributed by atoms with Crippen molar-refractivity contribution >= 4 is 75.2 Å². The Balaban J connectivity index is 1.29. The number of carbonyl (C=O) groups excluding carboxylic acids is 4. The first-order valence-electron chi connectivity index (χ1n) is 15.7. The summed E-state index contributed by atoms with van der Waals surface area (Å²) >= 11 is 8.39. The number of hydrogen-bond donors (Lipinski definition) is 6. The minimum absolute atomic E-state index is 0.00450. The van der Waals surface area contributed by atoms with Crippen molar-refractivity contribution in [3.63, 3.8) is 0 Å². The number of thiazole rings is 1. The lowest BCUT2D eigenvalue weighted by atomic mass is 10.0. The molecule has 17 nitrogen and oxygen atoms in total. The van der Waals surface area contributed by atoms with Crippen molar-refractivity contribution in [3.8, 4) is 11.5 Å². The molecule has 2 atom stereocenters. The summed E-state index contributed by atoms with van der Waals surface area (Å²) in [7, 11) is 1.17. The van der Waals surface area contributed by atoms with Crippen LogP contribution in [0.25, 0.3) is 0 Å². The highest BCUT2D eigenvalue weighted by molar-refractivity contribution is 8.00. The Morgan fingerprint density at radius 2 is 1.92 bits per heavy atom. The molecule has 3 aliphatic rings. The maximum absolute atomic E-state index is 13.5. The summed E-state index contributed by atoms with van der Waals surface area (Å²) in [6.45, 7) is 5.24. The lowest BCUT2D eigenvalue weighted by molar-refractivity contribution is -0.911. The van der Waals surface area contributed by atoms with E-state index in [0.717, 1.165) is 43.3 Å². The van der Waals surface area contributed by atoms with E-state index in [1.54, 1.807) is 0 Å². The summed E-state index contributed by atoms with van der Waals surface area (Å²) in [4.78, 5) is 75.2. The van der Waals surface area contributed by atoms with Gasteiger partial charge in [0.25, 0.3) is 17.7 Å². The number of benzene rings is 1. The highest BCUT2D eigenvalue weighted by Gasteiger charge is 2.55. The number of rotatable bonds is 13. The van der Waals surface area contributed by atoms with Crippen LogP contribution in [0, 0.1) is 0 Å². The van der Waals surface area contributed by atoms with Crippen LogP contribution in [0.15, 0.2) is 33.9 Å². The molecule has 0 spiro atoms. The number of anilines is 1. The smallest absolute Gasteiger partial charge is 0.352 e. The Kier molecular flexibility index (Phi) is 11.0. The number of methoxy groups -OCH3 is 1. The number of carbonyl (C=O) groups is 5. The van der Waals surface area contributed by atoms with Gasteiger partial charge in [0.1, 0.15) is 29.4 Å². The second kappa shape index (κ2) is 14.9. The summed E-state index contributed by atoms with van der Waals surface area (Å²) in [5.41, 5.74) is 4.31. The molecule has 0 saturated carbocycles. The molecule has 51 heavy (non-hydrogen) atoms. The third-order valence-electron chi connectivity index (χ3n) is 8.81. The second-order valence-electron chi connectivity index (χ2n) is 12.7. The van der Waals surface area contributed by atoms with E-state index in [2.05, 4.69) is 20.8 Å². The topological polar surface area (TPSA) is 243 Å². The highest BCUT2D eigenvalue weighted by atomic mass is 35.5. The van der Waals surface area contributed by atoms with Gasteiger partial charge in [0.2, 0.25) is 5.60 Å². The zero-order valence-corrected chi connectivity index (χ0v) is 30.2. The number of quaternary nitrogens is 1. The average molecular weight is 767 g/mol. The van der Waals surface area contributed by atoms with Crippen molar-refractivity contribution in [2.75, 3.05) is 51.3 Å². The number of phenols is 2. The second-order valence-corrected chi connectivity index (χ2v) is 15.0. The summed E-state index contributed by atoms with van der Waals surface area (Å²) in [6, 6.07) is 1.37. The third kappa shape index (κ3) is 7.70. The number of thioether (sulfide) groups is 1. The largest absolute Gasteiger partial charge is 0.504 e. The van der Waals surface area contributed by atoms with Gasteiger partial charge in [-0.2, -0.15) is 0 Å². The number of aromatic nitrogens is 1. The molecule has 1 aromatic heterocycles. The number of amides is 3. The molecule has 1 aromatic carbocycles. The number of oxime groups is 1.